The van der Waals surface area contributed by atoms with Gasteiger partial charge in [-0.15, -0.1) is 0 Å². The van der Waals surface area contributed by atoms with Gasteiger partial charge in [-0.2, -0.15) is 0 Å². The Morgan fingerprint density at radius 2 is 1.72 bits per heavy atom. The molecule has 0 spiro atoms. The highest BCUT2D eigenvalue weighted by Crippen LogP contribution is 2.38. The molecule has 2 fully saturated rings. The van der Waals surface area contributed by atoms with E-state index in [1.807, 2.05) is 13.0 Å². The summed E-state index contributed by atoms with van der Waals surface area (Å²) >= 11 is 0. The van der Waals surface area contributed by atoms with E-state index in [4.69, 9.17) is 33.2 Å². The first-order valence-corrected chi connectivity index (χ1v) is 18.7. The van der Waals surface area contributed by atoms with Crippen molar-refractivity contribution in [3.05, 3.63) is 24.3 Å². The summed E-state index contributed by atoms with van der Waals surface area (Å²) in [5.74, 6) is -2.16. The fourth-order valence-corrected chi connectivity index (χ4v) is 7.46. The van der Waals surface area contributed by atoms with Gasteiger partial charge in [0.1, 0.15) is 42.4 Å². The van der Waals surface area contributed by atoms with Gasteiger partial charge >= 0.3 is 11.9 Å². The van der Waals surface area contributed by atoms with Gasteiger partial charge in [0.15, 0.2) is 12.6 Å². The lowest BCUT2D eigenvalue weighted by Gasteiger charge is -2.50. The Hall–Kier alpha value is -2.31. The molecule has 3 rings (SSSR count). The summed E-state index contributed by atoms with van der Waals surface area (Å²) in [6, 6.07) is -0.754. The molecule has 3 heterocycles. The van der Waals surface area contributed by atoms with Crippen molar-refractivity contribution < 1.29 is 68.0 Å². The molecule has 3 aliphatic rings. The Morgan fingerprint density at radius 3 is 2.34 bits per heavy atom. The first-order valence-electron chi connectivity index (χ1n) is 18.7. The molecule has 2 saturated heterocycles. The van der Waals surface area contributed by atoms with E-state index >= 15 is 0 Å². The zero-order chi connectivity index (χ0) is 39.6. The third-order valence-electron chi connectivity index (χ3n) is 10.4. The van der Waals surface area contributed by atoms with Crippen LogP contribution in [0.2, 0.25) is 0 Å². The summed E-state index contributed by atoms with van der Waals surface area (Å²) < 4.78 is 42.2. The van der Waals surface area contributed by atoms with E-state index in [9.17, 15) is 34.8 Å². The molecule has 0 aromatic rings. The Morgan fingerprint density at radius 1 is 1.02 bits per heavy atom. The van der Waals surface area contributed by atoms with Crippen LogP contribution in [0, 0.1) is 11.8 Å². The molecule has 0 aromatic carbocycles. The number of carbonyl (C=O) groups is 3. The Balaban J connectivity index is 1.95. The van der Waals surface area contributed by atoms with Crippen LogP contribution in [-0.2, 0) is 47.5 Å². The van der Waals surface area contributed by atoms with Gasteiger partial charge in [0, 0.05) is 32.8 Å². The van der Waals surface area contributed by atoms with Crippen LogP contribution in [0.5, 0.6) is 0 Å². The summed E-state index contributed by atoms with van der Waals surface area (Å²) in [4.78, 5) is 39.0. The first kappa shape index (κ1) is 45.1. The number of aldehydes is 1. The van der Waals surface area contributed by atoms with Crippen molar-refractivity contribution in [2.45, 2.75) is 165 Å². The molecule has 0 radical (unpaired) electrons. The molecular weight excluding hydrogens is 694 g/mol. The van der Waals surface area contributed by atoms with Crippen molar-refractivity contribution in [3.63, 3.8) is 0 Å². The number of esters is 2. The van der Waals surface area contributed by atoms with Crippen molar-refractivity contribution in [1.82, 2.24) is 4.90 Å². The molecule has 3 aliphatic heterocycles. The highest BCUT2D eigenvalue weighted by molar-refractivity contribution is 5.70. The van der Waals surface area contributed by atoms with Crippen molar-refractivity contribution in [1.29, 1.82) is 0 Å². The van der Waals surface area contributed by atoms with E-state index in [0.717, 1.165) is 0 Å². The van der Waals surface area contributed by atoms with Gasteiger partial charge in [-0.3, -0.25) is 9.59 Å². The maximum absolute atomic E-state index is 12.9. The van der Waals surface area contributed by atoms with Crippen molar-refractivity contribution in [2.75, 3.05) is 21.2 Å². The number of methoxy groups -OCH3 is 1. The van der Waals surface area contributed by atoms with E-state index in [1.165, 1.54) is 7.11 Å². The molecule has 1 unspecified atom stereocenters. The number of ether oxygens (including phenoxy) is 7. The second-order valence-corrected chi connectivity index (χ2v) is 15.1. The van der Waals surface area contributed by atoms with Gasteiger partial charge in [0.25, 0.3) is 0 Å². The SMILES string of the molecule is CCC(=O)O[C@]1(C)C[C@H](O[C@H]2[C@H](N(C)C)[C@@H](O)C(O[C@H]3[C@@H](CC=O)C[C@@H](C)[C@@H](O)/C=C/C=C/C[C@@H](C)OC(=O)C[C@@H](O)[C@@H]3OC)O[C@@H]2C)O[C@@H](C)[C@@H]1O. The number of nitrogens with zero attached hydrogens (tertiary/aromatic N) is 1. The topological polar surface area (TPSA) is 200 Å². The van der Waals surface area contributed by atoms with Crippen LogP contribution < -0.4 is 0 Å². The molecule has 4 N–H and O–H groups in total. The lowest BCUT2D eigenvalue weighted by Crippen LogP contribution is -2.66. The van der Waals surface area contributed by atoms with E-state index in [-0.39, 0.29) is 31.6 Å². The maximum atomic E-state index is 12.9. The van der Waals surface area contributed by atoms with Crippen molar-refractivity contribution in [3.8, 4) is 0 Å². The fourth-order valence-electron chi connectivity index (χ4n) is 7.46. The van der Waals surface area contributed by atoms with Crippen LogP contribution in [0.3, 0.4) is 0 Å². The van der Waals surface area contributed by atoms with Crippen molar-refractivity contribution in [2.24, 2.45) is 11.8 Å². The summed E-state index contributed by atoms with van der Waals surface area (Å²) in [6.45, 7) is 10.2. The van der Waals surface area contributed by atoms with E-state index in [2.05, 4.69) is 0 Å². The standard InChI is InChI=1S/C38H63NO14/c1-10-28(43)53-38(6)20-30(49-24(5)36(38)46)51-33-23(4)50-37(32(45)31(33)39(7)8)52-34-25(16-17-40)18-21(2)26(41)15-13-11-12-14-22(3)48-29(44)19-27(42)35(34)47-9/h11-13,15,17,21-27,30-37,41-42,45-46H,10,14,16,18-20H2,1-9H3/b12-11+,15-13+/t21-,22-,23-,24+,25+,26+,27-,30+,31-,32-,33-,34+,35+,36+,37?,38-/m1/s1. The second-order valence-electron chi connectivity index (χ2n) is 15.1. The molecule has 53 heavy (non-hydrogen) atoms. The third kappa shape index (κ3) is 12.1. The molecule has 0 aromatic heterocycles. The fraction of sp³-hybridized carbons (Fsp3) is 0.816. The lowest BCUT2D eigenvalue weighted by molar-refractivity contribution is -0.344. The van der Waals surface area contributed by atoms with Gasteiger partial charge in [0.2, 0.25) is 0 Å². The van der Waals surface area contributed by atoms with E-state index in [0.29, 0.717) is 12.7 Å². The van der Waals surface area contributed by atoms with Crippen LogP contribution in [-0.4, -0.2) is 150 Å². The van der Waals surface area contributed by atoms with Gasteiger partial charge < -0.3 is 63.3 Å². The molecule has 304 valence electrons. The largest absolute Gasteiger partial charge is 0.462 e. The summed E-state index contributed by atoms with van der Waals surface area (Å²) in [5.41, 5.74) is -1.29. The molecule has 0 saturated carbocycles. The Bertz CT molecular complexity index is 1230. The number of hydrogen-bond acceptors (Lipinski definition) is 15. The van der Waals surface area contributed by atoms with Gasteiger partial charge in [-0.1, -0.05) is 38.2 Å². The molecule has 16 atom stereocenters. The predicted molar refractivity (Wildman–Crippen MR) is 191 cm³/mol. The van der Waals surface area contributed by atoms with Crippen LogP contribution >= 0.6 is 0 Å². The second kappa shape index (κ2) is 20.6. The molecular formula is C38H63NO14. The number of aliphatic hydroxyl groups excluding tert-OH is 4. The summed E-state index contributed by atoms with van der Waals surface area (Å²) in [5, 5.41) is 45.2. The lowest BCUT2D eigenvalue weighted by atomic mass is 9.82. The maximum Gasteiger partial charge on any atom is 0.308 e. The van der Waals surface area contributed by atoms with Crippen LogP contribution in [0.25, 0.3) is 0 Å². The number of carbonyl (C=O) groups excluding carboxylic acids is 3. The van der Waals surface area contributed by atoms with E-state index in [1.54, 1.807) is 71.8 Å². The number of cyclic esters (lactones) is 1. The van der Waals surface area contributed by atoms with Gasteiger partial charge in [-0.25, -0.2) is 0 Å². The van der Waals surface area contributed by atoms with E-state index < -0.39 is 110 Å². The average Bonchev–Trinajstić information content (AvgIpc) is 3.07. The minimum Gasteiger partial charge on any atom is -0.462 e. The smallest absolute Gasteiger partial charge is 0.308 e. The molecule has 0 aliphatic carbocycles. The Labute approximate surface area is 313 Å². The summed E-state index contributed by atoms with van der Waals surface area (Å²) in [6.07, 6.45) is -4.16. The zero-order valence-electron chi connectivity index (χ0n) is 32.6. The van der Waals surface area contributed by atoms with Crippen LogP contribution in [0.1, 0.15) is 80.1 Å². The summed E-state index contributed by atoms with van der Waals surface area (Å²) in [7, 11) is 4.85. The number of aliphatic hydroxyl groups is 4. The van der Waals surface area contributed by atoms with Crippen molar-refractivity contribution >= 4 is 18.2 Å². The molecule has 0 amide bonds. The van der Waals surface area contributed by atoms with Crippen LogP contribution in [0.15, 0.2) is 24.3 Å². The van der Waals surface area contributed by atoms with Gasteiger partial charge in [-0.05, 0) is 60.0 Å². The number of rotatable bonds is 10. The number of likely N-dealkylation sites (N-methyl/N-ethyl adjacent to an activating group) is 1. The quantitative estimate of drug-likeness (QED) is 0.186. The number of allylic oxidation sites excluding steroid dienone is 2. The minimum absolute atomic E-state index is 0.0171. The normalized spacial score (nSPS) is 43.4. The monoisotopic (exact) mass is 757 g/mol. The molecule has 15 heteroatoms. The average molecular weight is 758 g/mol. The highest BCUT2D eigenvalue weighted by Gasteiger charge is 2.53. The molecule has 15 nitrogen and oxygen atoms in total. The number of hydrogen-bond donors (Lipinski definition) is 4. The van der Waals surface area contributed by atoms with Crippen LogP contribution in [0.4, 0.5) is 0 Å². The first-order chi connectivity index (χ1) is 25.0. The highest BCUT2D eigenvalue weighted by atomic mass is 16.7. The predicted octanol–water partition coefficient (Wildman–Crippen LogP) is 1.81. The zero-order valence-corrected chi connectivity index (χ0v) is 32.6. The molecule has 0 bridgehead atoms. The third-order valence-corrected chi connectivity index (χ3v) is 10.4. The minimum atomic E-state index is -1.43. The Kier molecular flexibility index (Phi) is 17.5. The van der Waals surface area contributed by atoms with Gasteiger partial charge in [0.05, 0.1) is 43.0 Å².